The number of imide groups is 1. The number of carbonyl (C=O) groups is 4. The zero-order valence-electron chi connectivity index (χ0n) is 16.9. The minimum absolute atomic E-state index is 0.154. The van der Waals surface area contributed by atoms with E-state index in [1.807, 2.05) is 0 Å². The number of amides is 3. The van der Waals surface area contributed by atoms with Crippen LogP contribution in [0.3, 0.4) is 0 Å². The van der Waals surface area contributed by atoms with E-state index in [9.17, 15) is 19.2 Å². The van der Waals surface area contributed by atoms with Gasteiger partial charge in [-0.1, -0.05) is 36.5 Å². The van der Waals surface area contributed by atoms with Gasteiger partial charge in [0.2, 0.25) is 0 Å². The fourth-order valence-electron chi connectivity index (χ4n) is 3.67. The van der Waals surface area contributed by atoms with E-state index in [4.69, 9.17) is 9.57 Å². The number of nitrogens with one attached hydrogen (secondary N) is 1. The van der Waals surface area contributed by atoms with Crippen molar-refractivity contribution < 1.29 is 28.8 Å². The predicted octanol–water partition coefficient (Wildman–Crippen LogP) is 3.21. The van der Waals surface area contributed by atoms with Crippen LogP contribution in [0.15, 0.2) is 24.3 Å². The molecule has 1 heterocycles. The Kier molecular flexibility index (Phi) is 5.91. The van der Waals surface area contributed by atoms with Gasteiger partial charge in [-0.25, -0.2) is 9.59 Å². The van der Waals surface area contributed by atoms with Crippen molar-refractivity contribution >= 4 is 23.9 Å². The molecule has 0 bridgehead atoms. The van der Waals surface area contributed by atoms with Gasteiger partial charge in [0, 0.05) is 0 Å². The maximum atomic E-state index is 12.9. The first-order valence-electron chi connectivity index (χ1n) is 9.86. The molecule has 1 aromatic carbocycles. The number of hydroxylamine groups is 2. The Balaban J connectivity index is 1.75. The maximum Gasteiger partial charge on any atom is 0.408 e. The number of benzene rings is 1. The zero-order valence-corrected chi connectivity index (χ0v) is 16.9. The van der Waals surface area contributed by atoms with Crippen LogP contribution in [0.5, 0.6) is 0 Å². The van der Waals surface area contributed by atoms with Crippen LogP contribution in [-0.4, -0.2) is 40.6 Å². The van der Waals surface area contributed by atoms with Gasteiger partial charge in [-0.3, -0.25) is 9.59 Å². The van der Waals surface area contributed by atoms with Crippen LogP contribution in [0.4, 0.5) is 4.79 Å². The van der Waals surface area contributed by atoms with Crippen LogP contribution in [0, 0.1) is 5.92 Å². The molecule has 0 saturated heterocycles. The van der Waals surface area contributed by atoms with Crippen molar-refractivity contribution in [3.8, 4) is 0 Å². The standard InChI is InChI=1S/C21H26N2O6/c1-21(2,3)28-20(27)22-16(13-9-5-4-6-10-13)19(26)29-23-17(24)14-11-7-8-12-15(14)18(23)25/h7-8,11-13,16H,4-6,9-10H2,1-3H3,(H,22,27). The van der Waals surface area contributed by atoms with Crippen LogP contribution in [0.25, 0.3) is 0 Å². The molecular weight excluding hydrogens is 376 g/mol. The van der Waals surface area contributed by atoms with Gasteiger partial charge in [-0.15, -0.1) is 0 Å². The van der Waals surface area contributed by atoms with Crippen molar-refractivity contribution in [3.05, 3.63) is 35.4 Å². The van der Waals surface area contributed by atoms with Gasteiger partial charge >= 0.3 is 12.1 Å². The van der Waals surface area contributed by atoms with E-state index in [1.165, 1.54) is 12.1 Å². The Labute approximate surface area is 169 Å². The largest absolute Gasteiger partial charge is 0.444 e. The molecule has 1 saturated carbocycles. The fourth-order valence-corrected chi connectivity index (χ4v) is 3.67. The first-order valence-corrected chi connectivity index (χ1v) is 9.86. The molecule has 1 atom stereocenters. The maximum absolute atomic E-state index is 12.9. The molecule has 1 aliphatic carbocycles. The lowest BCUT2D eigenvalue weighted by molar-refractivity contribution is -0.173. The second-order valence-corrected chi connectivity index (χ2v) is 8.38. The summed E-state index contributed by atoms with van der Waals surface area (Å²) in [7, 11) is 0. The Bertz CT molecular complexity index is 788. The molecule has 0 radical (unpaired) electrons. The molecule has 1 unspecified atom stereocenters. The summed E-state index contributed by atoms with van der Waals surface area (Å²) in [5.41, 5.74) is -0.368. The van der Waals surface area contributed by atoms with Gasteiger partial charge in [-0.05, 0) is 51.7 Å². The van der Waals surface area contributed by atoms with E-state index in [-0.39, 0.29) is 17.0 Å². The fraction of sp³-hybridized carbons (Fsp3) is 0.524. The van der Waals surface area contributed by atoms with Gasteiger partial charge in [0.05, 0.1) is 11.1 Å². The monoisotopic (exact) mass is 402 g/mol. The lowest BCUT2D eigenvalue weighted by Crippen LogP contribution is -2.51. The smallest absolute Gasteiger partial charge is 0.408 e. The van der Waals surface area contributed by atoms with E-state index in [0.717, 1.165) is 32.1 Å². The van der Waals surface area contributed by atoms with Gasteiger partial charge in [-0.2, -0.15) is 0 Å². The number of hydrogen-bond acceptors (Lipinski definition) is 6. The van der Waals surface area contributed by atoms with Gasteiger partial charge in [0.15, 0.2) is 0 Å². The number of ether oxygens (including phenoxy) is 1. The topological polar surface area (TPSA) is 102 Å². The quantitative estimate of drug-likeness (QED) is 0.776. The summed E-state index contributed by atoms with van der Waals surface area (Å²) in [5.74, 6) is -2.39. The first kappa shape index (κ1) is 20.8. The van der Waals surface area contributed by atoms with Crippen molar-refractivity contribution in [2.45, 2.75) is 64.5 Å². The molecule has 3 rings (SSSR count). The average molecular weight is 402 g/mol. The lowest BCUT2D eigenvalue weighted by Gasteiger charge is -2.30. The second-order valence-electron chi connectivity index (χ2n) is 8.38. The minimum atomic E-state index is -1.01. The molecule has 0 aromatic heterocycles. The molecule has 1 aromatic rings. The molecule has 8 nitrogen and oxygen atoms in total. The number of hydrogen-bond donors (Lipinski definition) is 1. The highest BCUT2D eigenvalue weighted by Crippen LogP contribution is 2.29. The minimum Gasteiger partial charge on any atom is -0.444 e. The molecule has 8 heteroatoms. The van der Waals surface area contributed by atoms with Crippen LogP contribution < -0.4 is 5.32 Å². The molecular formula is C21H26N2O6. The molecule has 2 aliphatic rings. The molecule has 0 spiro atoms. The number of fused-ring (bicyclic) bond motifs is 1. The zero-order chi connectivity index (χ0) is 21.2. The second kappa shape index (κ2) is 8.23. The highest BCUT2D eigenvalue weighted by molar-refractivity contribution is 6.20. The average Bonchev–Trinajstić information content (AvgIpc) is 2.90. The third-order valence-electron chi connectivity index (χ3n) is 4.99. The summed E-state index contributed by atoms with van der Waals surface area (Å²) in [6.45, 7) is 5.16. The summed E-state index contributed by atoms with van der Waals surface area (Å²) in [5, 5.41) is 3.05. The first-order chi connectivity index (χ1) is 13.7. The van der Waals surface area contributed by atoms with Crippen molar-refractivity contribution in [1.29, 1.82) is 0 Å². The van der Waals surface area contributed by atoms with Crippen molar-refractivity contribution in [2.75, 3.05) is 0 Å². The number of nitrogens with zero attached hydrogens (tertiary/aromatic N) is 1. The van der Waals surface area contributed by atoms with E-state index < -0.39 is 35.5 Å². The SMILES string of the molecule is CC(C)(C)OC(=O)NC(C(=O)ON1C(=O)c2ccccc2C1=O)C1CCCCC1. The Morgan fingerprint density at radius 2 is 1.59 bits per heavy atom. The molecule has 1 N–H and O–H groups in total. The summed E-state index contributed by atoms with van der Waals surface area (Å²) in [4.78, 5) is 55.3. The van der Waals surface area contributed by atoms with E-state index in [2.05, 4.69) is 5.32 Å². The number of rotatable bonds is 4. The summed E-state index contributed by atoms with van der Waals surface area (Å²) < 4.78 is 5.27. The van der Waals surface area contributed by atoms with E-state index in [1.54, 1.807) is 32.9 Å². The molecule has 29 heavy (non-hydrogen) atoms. The summed E-state index contributed by atoms with van der Waals surface area (Å²) in [6, 6.07) is 5.26. The van der Waals surface area contributed by atoms with Crippen molar-refractivity contribution in [3.63, 3.8) is 0 Å². The normalized spacial score (nSPS) is 18.2. The van der Waals surface area contributed by atoms with Crippen LogP contribution >= 0.6 is 0 Å². The van der Waals surface area contributed by atoms with E-state index >= 15 is 0 Å². The lowest BCUT2D eigenvalue weighted by atomic mass is 9.84. The molecule has 1 aliphatic heterocycles. The third kappa shape index (κ3) is 4.75. The molecule has 3 amide bonds. The third-order valence-corrected chi connectivity index (χ3v) is 4.99. The van der Waals surface area contributed by atoms with E-state index in [0.29, 0.717) is 5.06 Å². The van der Waals surface area contributed by atoms with Crippen LogP contribution in [0.1, 0.15) is 73.6 Å². The van der Waals surface area contributed by atoms with Gasteiger partial charge < -0.3 is 14.9 Å². The number of carbonyl (C=O) groups excluding carboxylic acids is 4. The molecule has 156 valence electrons. The van der Waals surface area contributed by atoms with Gasteiger partial charge in [0.25, 0.3) is 11.8 Å². The summed E-state index contributed by atoms with van der Waals surface area (Å²) >= 11 is 0. The summed E-state index contributed by atoms with van der Waals surface area (Å²) in [6.07, 6.45) is 3.64. The predicted molar refractivity (Wildman–Crippen MR) is 103 cm³/mol. The Morgan fingerprint density at radius 1 is 1.03 bits per heavy atom. The van der Waals surface area contributed by atoms with Gasteiger partial charge in [0.1, 0.15) is 11.6 Å². The Morgan fingerprint density at radius 3 is 2.10 bits per heavy atom. The highest BCUT2D eigenvalue weighted by Gasteiger charge is 2.42. The number of alkyl carbamates (subject to hydrolysis) is 1. The van der Waals surface area contributed by atoms with Crippen LogP contribution in [0.2, 0.25) is 0 Å². The van der Waals surface area contributed by atoms with Crippen molar-refractivity contribution in [1.82, 2.24) is 10.4 Å². The van der Waals surface area contributed by atoms with Crippen molar-refractivity contribution in [2.24, 2.45) is 5.92 Å². The molecule has 1 fully saturated rings. The Hall–Kier alpha value is -2.90. The van der Waals surface area contributed by atoms with Crippen LogP contribution in [-0.2, 0) is 14.4 Å². The highest BCUT2D eigenvalue weighted by atomic mass is 16.7.